The van der Waals surface area contributed by atoms with Gasteiger partial charge in [-0.1, -0.05) is 18.2 Å². The largest absolute Gasteiger partial charge is 0.296 e. The van der Waals surface area contributed by atoms with E-state index in [-0.39, 0.29) is 5.69 Å². The molecule has 6 heteroatoms. The van der Waals surface area contributed by atoms with Gasteiger partial charge in [0.25, 0.3) is 5.56 Å². The highest BCUT2D eigenvalue weighted by molar-refractivity contribution is 6.13. The minimum atomic E-state index is -0.478. The number of carbonyl (C=O) groups excluding carboxylic acids is 2. The number of rotatable bonds is 2. The summed E-state index contributed by atoms with van der Waals surface area (Å²) in [4.78, 5) is 37.0. The second-order valence-electron chi connectivity index (χ2n) is 4.78. The number of imide groups is 1. The van der Waals surface area contributed by atoms with Gasteiger partial charge in [-0.15, -0.1) is 0 Å². The van der Waals surface area contributed by atoms with Crippen LogP contribution in [0, 0.1) is 6.92 Å². The molecule has 0 aliphatic carbocycles. The monoisotopic (exact) mass is 287 g/mol. The molecule has 6 nitrogen and oxygen atoms in total. The van der Waals surface area contributed by atoms with Gasteiger partial charge in [-0.3, -0.25) is 19.1 Å². The third kappa shape index (κ3) is 2.40. The second kappa shape index (κ2) is 5.40. The third-order valence-corrected chi connectivity index (χ3v) is 3.38. The first-order valence-corrected chi connectivity index (χ1v) is 6.51. The van der Waals surface area contributed by atoms with Crippen LogP contribution in [0.4, 0.5) is 5.69 Å². The molecule has 0 N–H and O–H groups in total. The molecular weight excluding hydrogens is 270 g/mol. The fourth-order valence-electron chi connectivity index (χ4n) is 2.35. The predicted octanol–water partition coefficient (Wildman–Crippen LogP) is 1.38. The molecule has 0 aliphatic heterocycles. The summed E-state index contributed by atoms with van der Waals surface area (Å²) in [7, 11) is 1.71. The Labute approximate surface area is 122 Å². The summed E-state index contributed by atoms with van der Waals surface area (Å²) in [5.41, 5.74) is 0.925. The van der Waals surface area contributed by atoms with Crippen LogP contribution in [0.5, 0.6) is 0 Å². The average molecular weight is 287 g/mol. The smallest absolute Gasteiger partial charge is 0.283 e. The van der Waals surface area contributed by atoms with Crippen molar-refractivity contribution in [3.63, 3.8) is 0 Å². The van der Waals surface area contributed by atoms with Crippen molar-refractivity contribution >= 4 is 17.5 Å². The van der Waals surface area contributed by atoms with Crippen LogP contribution in [0.3, 0.4) is 0 Å². The van der Waals surface area contributed by atoms with Crippen molar-refractivity contribution in [2.45, 2.75) is 20.8 Å². The van der Waals surface area contributed by atoms with E-state index in [9.17, 15) is 14.4 Å². The van der Waals surface area contributed by atoms with E-state index in [2.05, 4.69) is 0 Å². The van der Waals surface area contributed by atoms with E-state index in [4.69, 9.17) is 0 Å². The lowest BCUT2D eigenvalue weighted by Gasteiger charge is -2.15. The van der Waals surface area contributed by atoms with Gasteiger partial charge >= 0.3 is 0 Å². The molecule has 0 bridgehead atoms. The number of hydrogen-bond donors (Lipinski definition) is 0. The van der Waals surface area contributed by atoms with Crippen LogP contribution < -0.4 is 10.5 Å². The Balaban J connectivity index is 2.75. The van der Waals surface area contributed by atoms with Gasteiger partial charge in [-0.05, 0) is 19.1 Å². The van der Waals surface area contributed by atoms with Crippen LogP contribution in [-0.4, -0.2) is 21.2 Å². The maximum atomic E-state index is 12.7. The first-order chi connectivity index (χ1) is 9.86. The molecule has 1 aromatic carbocycles. The van der Waals surface area contributed by atoms with Crippen molar-refractivity contribution in [1.29, 1.82) is 0 Å². The molecule has 0 unspecified atom stereocenters. The van der Waals surface area contributed by atoms with E-state index in [0.29, 0.717) is 11.4 Å². The van der Waals surface area contributed by atoms with Crippen LogP contribution in [0.25, 0.3) is 5.69 Å². The van der Waals surface area contributed by atoms with Gasteiger partial charge in [0.1, 0.15) is 5.69 Å². The number of para-hydroxylation sites is 1. The quantitative estimate of drug-likeness (QED) is 0.838. The number of benzene rings is 1. The lowest BCUT2D eigenvalue weighted by Crippen LogP contribution is -2.37. The van der Waals surface area contributed by atoms with Crippen LogP contribution in [-0.2, 0) is 16.6 Å². The summed E-state index contributed by atoms with van der Waals surface area (Å²) in [6.45, 7) is 4.23. The molecular formula is C15H17N3O3. The molecule has 110 valence electrons. The first-order valence-electron chi connectivity index (χ1n) is 6.51. The number of aromatic nitrogens is 2. The highest BCUT2D eigenvalue weighted by Crippen LogP contribution is 2.18. The van der Waals surface area contributed by atoms with E-state index >= 15 is 0 Å². The molecule has 0 spiro atoms. The molecule has 2 aromatic rings. The lowest BCUT2D eigenvalue weighted by molar-refractivity contribution is -0.124. The molecule has 0 saturated heterocycles. The molecule has 0 saturated carbocycles. The van der Waals surface area contributed by atoms with Crippen LogP contribution in [0.2, 0.25) is 0 Å². The summed E-state index contributed by atoms with van der Waals surface area (Å²) in [6.07, 6.45) is 0. The molecule has 2 rings (SSSR count). The van der Waals surface area contributed by atoms with E-state index in [0.717, 1.165) is 4.90 Å². The molecule has 21 heavy (non-hydrogen) atoms. The standard InChI is InChI=1S/C15H17N3O3/c1-10-14(17(11(2)19)12(3)20)15(21)18(16(10)4)13-8-6-5-7-9-13/h5-9H,1-4H3. The van der Waals surface area contributed by atoms with Gasteiger partial charge < -0.3 is 0 Å². The Morgan fingerprint density at radius 2 is 1.57 bits per heavy atom. The van der Waals surface area contributed by atoms with Crippen molar-refractivity contribution in [3.05, 3.63) is 46.4 Å². The highest BCUT2D eigenvalue weighted by Gasteiger charge is 2.26. The molecule has 0 radical (unpaired) electrons. The normalized spacial score (nSPS) is 10.5. The second-order valence-corrected chi connectivity index (χ2v) is 4.78. The molecule has 2 amide bonds. The maximum Gasteiger partial charge on any atom is 0.296 e. The molecule has 1 heterocycles. The molecule has 0 aliphatic rings. The summed E-state index contributed by atoms with van der Waals surface area (Å²) < 4.78 is 3.06. The summed E-state index contributed by atoms with van der Waals surface area (Å²) in [5.74, 6) is -0.956. The number of amides is 2. The van der Waals surface area contributed by atoms with Crippen LogP contribution in [0.1, 0.15) is 19.5 Å². The van der Waals surface area contributed by atoms with Gasteiger partial charge in [0.2, 0.25) is 11.8 Å². The zero-order valence-electron chi connectivity index (χ0n) is 12.5. The van der Waals surface area contributed by atoms with Gasteiger partial charge in [0, 0.05) is 20.9 Å². The SMILES string of the molecule is CC(=O)N(C(C)=O)c1c(C)n(C)n(-c2ccccc2)c1=O. The van der Waals surface area contributed by atoms with E-state index in [1.54, 1.807) is 30.8 Å². The lowest BCUT2D eigenvalue weighted by atomic mass is 10.3. The summed E-state index contributed by atoms with van der Waals surface area (Å²) in [5, 5.41) is 0. The Bertz CT molecular complexity index is 742. The Hall–Kier alpha value is -2.63. The zero-order valence-corrected chi connectivity index (χ0v) is 12.5. The molecule has 1 aromatic heterocycles. The third-order valence-electron chi connectivity index (χ3n) is 3.38. The van der Waals surface area contributed by atoms with Crippen LogP contribution in [0.15, 0.2) is 35.1 Å². The zero-order chi connectivity index (χ0) is 15.7. The summed E-state index contributed by atoms with van der Waals surface area (Å²) in [6, 6.07) is 9.06. The van der Waals surface area contributed by atoms with Crippen molar-refractivity contribution in [3.8, 4) is 5.69 Å². The van der Waals surface area contributed by atoms with Crippen molar-refractivity contribution in [2.75, 3.05) is 4.90 Å². The van der Waals surface area contributed by atoms with Gasteiger partial charge in [-0.25, -0.2) is 9.58 Å². The fourth-order valence-corrected chi connectivity index (χ4v) is 2.35. The van der Waals surface area contributed by atoms with Crippen molar-refractivity contribution < 1.29 is 9.59 Å². The minimum Gasteiger partial charge on any atom is -0.283 e. The first kappa shape index (κ1) is 14.8. The predicted molar refractivity (Wildman–Crippen MR) is 79.6 cm³/mol. The van der Waals surface area contributed by atoms with Gasteiger partial charge in [-0.2, -0.15) is 0 Å². The Morgan fingerprint density at radius 1 is 1.05 bits per heavy atom. The molecule has 0 atom stereocenters. The maximum absolute atomic E-state index is 12.7. The Kier molecular flexibility index (Phi) is 3.80. The fraction of sp³-hybridized carbons (Fsp3) is 0.267. The topological polar surface area (TPSA) is 64.3 Å². The van der Waals surface area contributed by atoms with Gasteiger partial charge in [0.05, 0.1) is 11.4 Å². The van der Waals surface area contributed by atoms with E-state index < -0.39 is 17.4 Å². The number of anilines is 1. The summed E-state index contributed by atoms with van der Waals surface area (Å²) >= 11 is 0. The van der Waals surface area contributed by atoms with Crippen molar-refractivity contribution in [2.24, 2.45) is 7.05 Å². The van der Waals surface area contributed by atoms with Crippen molar-refractivity contribution in [1.82, 2.24) is 9.36 Å². The van der Waals surface area contributed by atoms with Crippen LogP contribution >= 0.6 is 0 Å². The molecule has 0 fully saturated rings. The number of nitrogens with zero attached hydrogens (tertiary/aromatic N) is 3. The van der Waals surface area contributed by atoms with E-state index in [1.165, 1.54) is 18.5 Å². The minimum absolute atomic E-state index is 0.0985. The average Bonchev–Trinajstić information content (AvgIpc) is 2.63. The number of carbonyl (C=O) groups is 2. The van der Waals surface area contributed by atoms with Gasteiger partial charge in [0.15, 0.2) is 0 Å². The Morgan fingerprint density at radius 3 is 2.05 bits per heavy atom. The highest BCUT2D eigenvalue weighted by atomic mass is 16.2. The number of hydrogen-bond acceptors (Lipinski definition) is 3. The van der Waals surface area contributed by atoms with E-state index in [1.807, 2.05) is 18.2 Å².